The fourth-order valence-corrected chi connectivity index (χ4v) is 1.36. The number of rotatable bonds is 4. The number of nitrogens with two attached hydrogens (primary N) is 1. The Morgan fingerprint density at radius 1 is 1.56 bits per heavy atom. The van der Waals surface area contributed by atoms with Gasteiger partial charge in [0.05, 0.1) is 4.92 Å². The second-order valence-corrected chi connectivity index (χ2v) is 4.35. The first-order chi connectivity index (χ1) is 7.41. The average molecular weight is 223 g/mol. The van der Waals surface area contributed by atoms with Crippen molar-refractivity contribution in [3.63, 3.8) is 0 Å². The summed E-state index contributed by atoms with van der Waals surface area (Å²) in [4.78, 5) is 14.5. The standard InChI is InChI=1S/C11H17N3O2/c1-7(2)9(12)5-10-11(14(15)16)4-8(3)6-13-10/h4,6-7,9H,5,12H2,1-3H3. The zero-order chi connectivity index (χ0) is 12.3. The van der Waals surface area contributed by atoms with Crippen LogP contribution in [0.15, 0.2) is 12.3 Å². The van der Waals surface area contributed by atoms with E-state index in [2.05, 4.69) is 4.98 Å². The average Bonchev–Trinajstić information content (AvgIpc) is 2.20. The lowest BCUT2D eigenvalue weighted by Crippen LogP contribution is -2.29. The summed E-state index contributed by atoms with van der Waals surface area (Å²) in [6, 6.07) is 1.43. The van der Waals surface area contributed by atoms with E-state index in [1.807, 2.05) is 13.8 Å². The number of hydrogen-bond donors (Lipinski definition) is 1. The number of nitrogens with zero attached hydrogens (tertiary/aromatic N) is 2. The molecule has 5 heteroatoms. The van der Waals surface area contributed by atoms with Gasteiger partial charge in [0.25, 0.3) is 5.69 Å². The largest absolute Gasteiger partial charge is 0.327 e. The van der Waals surface area contributed by atoms with Crippen molar-refractivity contribution in [3.8, 4) is 0 Å². The van der Waals surface area contributed by atoms with E-state index in [9.17, 15) is 10.1 Å². The maximum atomic E-state index is 10.9. The van der Waals surface area contributed by atoms with Gasteiger partial charge < -0.3 is 5.73 Å². The summed E-state index contributed by atoms with van der Waals surface area (Å²) in [5.41, 5.74) is 7.21. The molecule has 5 nitrogen and oxygen atoms in total. The quantitative estimate of drug-likeness (QED) is 0.623. The van der Waals surface area contributed by atoms with Crippen LogP contribution >= 0.6 is 0 Å². The molecule has 2 N–H and O–H groups in total. The summed E-state index contributed by atoms with van der Waals surface area (Å²) in [5.74, 6) is 0.280. The lowest BCUT2D eigenvalue weighted by Gasteiger charge is -2.14. The van der Waals surface area contributed by atoms with Crippen LogP contribution in [0.5, 0.6) is 0 Å². The third-order valence-electron chi connectivity index (χ3n) is 2.57. The first-order valence-corrected chi connectivity index (χ1v) is 5.27. The molecule has 0 aromatic carbocycles. The molecule has 0 aliphatic rings. The normalized spacial score (nSPS) is 12.8. The molecule has 1 aromatic rings. The highest BCUT2D eigenvalue weighted by Gasteiger charge is 2.19. The van der Waals surface area contributed by atoms with Crippen LogP contribution in [-0.4, -0.2) is 15.9 Å². The van der Waals surface area contributed by atoms with Crippen LogP contribution < -0.4 is 5.73 Å². The van der Waals surface area contributed by atoms with E-state index in [1.54, 1.807) is 13.1 Å². The van der Waals surface area contributed by atoms with Crippen LogP contribution in [0.1, 0.15) is 25.1 Å². The van der Waals surface area contributed by atoms with E-state index in [-0.39, 0.29) is 17.6 Å². The molecule has 0 saturated carbocycles. The summed E-state index contributed by atoms with van der Waals surface area (Å²) in [5, 5.41) is 10.9. The molecule has 1 atom stereocenters. The second-order valence-electron chi connectivity index (χ2n) is 4.35. The highest BCUT2D eigenvalue weighted by Crippen LogP contribution is 2.19. The first-order valence-electron chi connectivity index (χ1n) is 5.27. The Morgan fingerprint density at radius 2 is 2.19 bits per heavy atom. The maximum Gasteiger partial charge on any atom is 0.291 e. The van der Waals surface area contributed by atoms with Crippen molar-refractivity contribution in [1.82, 2.24) is 4.98 Å². The van der Waals surface area contributed by atoms with E-state index in [1.165, 1.54) is 6.07 Å². The smallest absolute Gasteiger partial charge is 0.291 e. The van der Waals surface area contributed by atoms with Crippen LogP contribution in [0.4, 0.5) is 5.69 Å². The monoisotopic (exact) mass is 223 g/mol. The van der Waals surface area contributed by atoms with Gasteiger partial charge >= 0.3 is 0 Å². The van der Waals surface area contributed by atoms with Crippen molar-refractivity contribution in [2.75, 3.05) is 0 Å². The molecule has 0 amide bonds. The minimum Gasteiger partial charge on any atom is -0.327 e. The Labute approximate surface area is 94.8 Å². The topological polar surface area (TPSA) is 82.0 Å². The molecule has 0 bridgehead atoms. The molecule has 1 heterocycles. The molecule has 0 spiro atoms. The van der Waals surface area contributed by atoms with Crippen LogP contribution in [0.2, 0.25) is 0 Å². The van der Waals surface area contributed by atoms with E-state index >= 15 is 0 Å². The van der Waals surface area contributed by atoms with Crippen molar-refractivity contribution in [1.29, 1.82) is 0 Å². The van der Waals surface area contributed by atoms with Crippen LogP contribution in [0, 0.1) is 23.0 Å². The summed E-state index contributed by atoms with van der Waals surface area (Å²) in [6.07, 6.45) is 2.07. The molecule has 0 radical (unpaired) electrons. The van der Waals surface area contributed by atoms with Gasteiger partial charge in [-0.15, -0.1) is 0 Å². The van der Waals surface area contributed by atoms with Crippen LogP contribution in [0.25, 0.3) is 0 Å². The Balaban J connectivity index is 2.99. The van der Waals surface area contributed by atoms with E-state index in [0.717, 1.165) is 5.56 Å². The predicted molar refractivity (Wildman–Crippen MR) is 62.1 cm³/mol. The zero-order valence-electron chi connectivity index (χ0n) is 9.80. The van der Waals surface area contributed by atoms with Gasteiger partial charge in [-0.05, 0) is 18.4 Å². The second kappa shape index (κ2) is 5.03. The zero-order valence-corrected chi connectivity index (χ0v) is 9.80. The van der Waals surface area contributed by atoms with Gasteiger partial charge in [-0.3, -0.25) is 15.1 Å². The number of aromatic nitrogens is 1. The van der Waals surface area contributed by atoms with Gasteiger partial charge in [-0.1, -0.05) is 13.8 Å². The lowest BCUT2D eigenvalue weighted by molar-refractivity contribution is -0.386. The van der Waals surface area contributed by atoms with Crippen LogP contribution in [-0.2, 0) is 6.42 Å². The lowest BCUT2D eigenvalue weighted by atomic mass is 9.99. The SMILES string of the molecule is Cc1cnc(CC(N)C(C)C)c([N+](=O)[O-])c1. The van der Waals surface area contributed by atoms with Crippen molar-refractivity contribution in [3.05, 3.63) is 33.6 Å². The summed E-state index contributed by atoms with van der Waals surface area (Å²) in [7, 11) is 0. The number of nitro groups is 1. The highest BCUT2D eigenvalue weighted by atomic mass is 16.6. The Hall–Kier alpha value is -1.49. The molecule has 0 saturated heterocycles. The van der Waals surface area contributed by atoms with Crippen molar-refractivity contribution in [2.45, 2.75) is 33.2 Å². The van der Waals surface area contributed by atoms with Crippen LogP contribution in [0.3, 0.4) is 0 Å². The van der Waals surface area contributed by atoms with Gasteiger partial charge in [0.15, 0.2) is 0 Å². The van der Waals surface area contributed by atoms with E-state index in [4.69, 9.17) is 5.73 Å². The maximum absolute atomic E-state index is 10.9. The van der Waals surface area contributed by atoms with Gasteiger partial charge in [0, 0.05) is 24.7 Å². The van der Waals surface area contributed by atoms with Gasteiger partial charge in [-0.25, -0.2) is 0 Å². The first kappa shape index (κ1) is 12.6. The molecule has 0 aliphatic carbocycles. The van der Waals surface area contributed by atoms with Gasteiger partial charge in [-0.2, -0.15) is 0 Å². The molecule has 1 unspecified atom stereocenters. The number of hydrogen-bond acceptors (Lipinski definition) is 4. The van der Waals surface area contributed by atoms with E-state index < -0.39 is 4.92 Å². The Morgan fingerprint density at radius 3 is 2.69 bits per heavy atom. The summed E-state index contributed by atoms with van der Waals surface area (Å²) >= 11 is 0. The predicted octanol–water partition coefficient (Wildman–Crippen LogP) is 1.82. The molecule has 16 heavy (non-hydrogen) atoms. The highest BCUT2D eigenvalue weighted by molar-refractivity contribution is 5.38. The fourth-order valence-electron chi connectivity index (χ4n) is 1.36. The molecule has 1 aromatic heterocycles. The minimum absolute atomic E-state index is 0.0658. The molecule has 1 rings (SSSR count). The van der Waals surface area contributed by atoms with Crippen molar-refractivity contribution >= 4 is 5.69 Å². The third kappa shape index (κ3) is 3.00. The molecular formula is C11H17N3O2. The van der Waals surface area contributed by atoms with Gasteiger partial charge in [0.2, 0.25) is 0 Å². The summed E-state index contributed by atoms with van der Waals surface area (Å²) < 4.78 is 0. The molecule has 0 aliphatic heterocycles. The molecule has 0 fully saturated rings. The molecule has 88 valence electrons. The van der Waals surface area contributed by atoms with Crippen molar-refractivity contribution in [2.24, 2.45) is 11.7 Å². The third-order valence-corrected chi connectivity index (χ3v) is 2.57. The Kier molecular flexibility index (Phi) is 3.95. The van der Waals surface area contributed by atoms with Crippen molar-refractivity contribution < 1.29 is 4.92 Å². The van der Waals surface area contributed by atoms with Gasteiger partial charge in [0.1, 0.15) is 5.69 Å². The number of aryl methyl sites for hydroxylation is 1. The summed E-state index contributed by atoms with van der Waals surface area (Å²) in [6.45, 7) is 5.77. The molecular weight excluding hydrogens is 206 g/mol. The Bertz CT molecular complexity index is 391. The minimum atomic E-state index is -0.400. The van der Waals surface area contributed by atoms with E-state index in [0.29, 0.717) is 12.1 Å². The fraction of sp³-hybridized carbons (Fsp3) is 0.545. The number of pyridine rings is 1.